The number of H-pyrrole nitrogens is 1. The van der Waals surface area contributed by atoms with E-state index in [1.54, 1.807) is 24.3 Å². The highest BCUT2D eigenvalue weighted by Gasteiger charge is 2.20. The summed E-state index contributed by atoms with van der Waals surface area (Å²) < 4.78 is 2.51. The Morgan fingerprint density at radius 3 is 2.61 bits per heavy atom. The van der Waals surface area contributed by atoms with Gasteiger partial charge in [0.25, 0.3) is 11.1 Å². The number of carbonyl (C=O) groups excluding carboxylic acids is 1. The number of anilines is 1. The summed E-state index contributed by atoms with van der Waals surface area (Å²) in [4.78, 5) is 55.5. The molecule has 10 heteroatoms. The van der Waals surface area contributed by atoms with Gasteiger partial charge in [0.05, 0.1) is 16.7 Å². The first kappa shape index (κ1) is 19.6. The molecule has 0 amide bonds. The van der Waals surface area contributed by atoms with Crippen LogP contribution in [0.2, 0.25) is 0 Å². The summed E-state index contributed by atoms with van der Waals surface area (Å²) in [5.74, 6) is -0.924. The van der Waals surface area contributed by atoms with E-state index in [1.165, 1.54) is 11.6 Å². The summed E-state index contributed by atoms with van der Waals surface area (Å²) in [6.45, 7) is 3.69. The number of nitrogens with one attached hydrogen (secondary N) is 1. The Labute approximate surface area is 163 Å². The molecule has 0 aliphatic carbocycles. The van der Waals surface area contributed by atoms with Gasteiger partial charge in [-0.1, -0.05) is 23.9 Å². The summed E-state index contributed by atoms with van der Waals surface area (Å²) in [7, 11) is 1.36. The molecule has 3 rings (SSSR count). The van der Waals surface area contributed by atoms with E-state index in [-0.39, 0.29) is 28.7 Å². The molecule has 0 unspecified atom stereocenters. The fourth-order valence-electron chi connectivity index (χ4n) is 2.79. The SMILES string of the molecule is CC(C)n1c(SCC(=O)c2c(N)n(C)c(=O)[nH]c2=O)nc2ccccc2c1=O. The summed E-state index contributed by atoms with van der Waals surface area (Å²) in [6, 6.07) is 6.80. The Bertz CT molecular complexity index is 1260. The zero-order chi connectivity index (χ0) is 20.6. The number of benzene rings is 1. The minimum atomic E-state index is -0.834. The monoisotopic (exact) mass is 401 g/mol. The van der Waals surface area contributed by atoms with Crippen LogP contribution in [0.15, 0.2) is 43.8 Å². The van der Waals surface area contributed by atoms with Crippen molar-refractivity contribution in [2.45, 2.75) is 25.0 Å². The number of para-hydroxylation sites is 1. The number of ketones is 1. The molecule has 3 N–H and O–H groups in total. The highest BCUT2D eigenvalue weighted by Crippen LogP contribution is 2.22. The second-order valence-corrected chi connectivity index (χ2v) is 7.41. The molecule has 2 heterocycles. The molecule has 0 saturated carbocycles. The van der Waals surface area contributed by atoms with Gasteiger partial charge < -0.3 is 5.73 Å². The Balaban J connectivity index is 2.01. The zero-order valence-corrected chi connectivity index (χ0v) is 16.4. The molecule has 28 heavy (non-hydrogen) atoms. The number of aromatic nitrogens is 4. The summed E-state index contributed by atoms with van der Waals surface area (Å²) >= 11 is 1.04. The molecule has 146 valence electrons. The van der Waals surface area contributed by atoms with Crippen molar-refractivity contribution in [3.8, 4) is 0 Å². The number of fused-ring (bicyclic) bond motifs is 1. The summed E-state index contributed by atoms with van der Waals surface area (Å²) in [5.41, 5.74) is 4.28. The molecule has 0 aliphatic rings. The lowest BCUT2D eigenvalue weighted by molar-refractivity contribution is 0.102. The van der Waals surface area contributed by atoms with Gasteiger partial charge >= 0.3 is 5.69 Å². The smallest absolute Gasteiger partial charge is 0.329 e. The third-order valence-electron chi connectivity index (χ3n) is 4.27. The molecule has 2 aromatic heterocycles. The Morgan fingerprint density at radius 2 is 1.93 bits per heavy atom. The van der Waals surface area contributed by atoms with Gasteiger partial charge in [-0.05, 0) is 26.0 Å². The van der Waals surface area contributed by atoms with Crippen molar-refractivity contribution >= 4 is 34.3 Å². The molecule has 9 nitrogen and oxygen atoms in total. The molecule has 0 saturated heterocycles. The third kappa shape index (κ3) is 3.38. The van der Waals surface area contributed by atoms with Crippen LogP contribution in [0.4, 0.5) is 5.82 Å². The molecular weight excluding hydrogens is 382 g/mol. The average Bonchev–Trinajstić information content (AvgIpc) is 2.64. The number of Topliss-reactive ketones (excluding diaryl/α,β-unsaturated/α-hetero) is 1. The lowest BCUT2D eigenvalue weighted by atomic mass is 10.2. The standard InChI is InChI=1S/C18H19N5O4S/c1-9(2)23-16(26)10-6-4-5-7-11(10)20-18(23)28-8-12(24)13-14(19)22(3)17(27)21-15(13)25/h4-7,9H,8,19H2,1-3H3,(H,21,25,27). The quantitative estimate of drug-likeness (QED) is 0.369. The van der Waals surface area contributed by atoms with Gasteiger partial charge in [-0.15, -0.1) is 0 Å². The van der Waals surface area contributed by atoms with Gasteiger partial charge in [0.15, 0.2) is 10.9 Å². The number of hydrogen-bond donors (Lipinski definition) is 2. The summed E-state index contributed by atoms with van der Waals surface area (Å²) in [6.07, 6.45) is 0. The van der Waals surface area contributed by atoms with Crippen molar-refractivity contribution in [3.63, 3.8) is 0 Å². The van der Waals surface area contributed by atoms with Crippen molar-refractivity contribution in [2.75, 3.05) is 11.5 Å². The first-order chi connectivity index (χ1) is 13.2. The average molecular weight is 401 g/mol. The molecule has 0 atom stereocenters. The van der Waals surface area contributed by atoms with E-state index in [0.29, 0.717) is 16.1 Å². The topological polar surface area (TPSA) is 133 Å². The molecule has 0 radical (unpaired) electrons. The second kappa shape index (κ2) is 7.47. The van der Waals surface area contributed by atoms with E-state index in [1.807, 2.05) is 13.8 Å². The maximum absolute atomic E-state index is 12.8. The number of nitrogens with zero attached hydrogens (tertiary/aromatic N) is 3. The van der Waals surface area contributed by atoms with Crippen LogP contribution in [-0.2, 0) is 7.05 Å². The number of hydrogen-bond acceptors (Lipinski definition) is 7. The number of thioether (sulfide) groups is 1. The van der Waals surface area contributed by atoms with Crippen LogP contribution in [-0.4, -0.2) is 30.6 Å². The lowest BCUT2D eigenvalue weighted by Crippen LogP contribution is -2.35. The Morgan fingerprint density at radius 1 is 1.25 bits per heavy atom. The fourth-order valence-corrected chi connectivity index (χ4v) is 3.79. The number of nitrogens with two attached hydrogens (primary N) is 1. The van der Waals surface area contributed by atoms with Crippen molar-refractivity contribution in [3.05, 3.63) is 61.0 Å². The third-order valence-corrected chi connectivity index (χ3v) is 5.23. The number of aromatic amines is 1. The molecule has 3 aromatic rings. The van der Waals surface area contributed by atoms with Gasteiger partial charge in [0, 0.05) is 13.1 Å². The summed E-state index contributed by atoms with van der Waals surface area (Å²) in [5, 5.41) is 0.859. The van der Waals surface area contributed by atoms with E-state index in [4.69, 9.17) is 5.73 Å². The van der Waals surface area contributed by atoms with E-state index in [9.17, 15) is 19.2 Å². The van der Waals surface area contributed by atoms with Crippen molar-refractivity contribution in [1.29, 1.82) is 0 Å². The number of nitrogen functional groups attached to an aromatic ring is 1. The minimum Gasteiger partial charge on any atom is -0.384 e. The van der Waals surface area contributed by atoms with Gasteiger partial charge in [0.2, 0.25) is 0 Å². The van der Waals surface area contributed by atoms with Crippen LogP contribution in [0.1, 0.15) is 30.2 Å². The van der Waals surface area contributed by atoms with E-state index < -0.39 is 17.0 Å². The van der Waals surface area contributed by atoms with Gasteiger partial charge in [0.1, 0.15) is 11.4 Å². The minimum absolute atomic E-state index is 0.164. The normalized spacial score (nSPS) is 11.3. The fraction of sp³-hybridized carbons (Fsp3) is 0.278. The molecule has 0 spiro atoms. The molecule has 0 fully saturated rings. The zero-order valence-electron chi connectivity index (χ0n) is 15.6. The molecule has 0 bridgehead atoms. The predicted molar refractivity (Wildman–Crippen MR) is 108 cm³/mol. The van der Waals surface area contributed by atoms with Crippen molar-refractivity contribution in [1.82, 2.24) is 19.1 Å². The predicted octanol–water partition coefficient (Wildman–Crippen LogP) is 0.922. The Hall–Kier alpha value is -3.14. The van der Waals surface area contributed by atoms with Crippen LogP contribution in [0.3, 0.4) is 0 Å². The number of carbonyl (C=O) groups is 1. The second-order valence-electron chi connectivity index (χ2n) is 6.47. The van der Waals surface area contributed by atoms with Crippen molar-refractivity contribution < 1.29 is 4.79 Å². The van der Waals surface area contributed by atoms with Crippen LogP contribution in [0, 0.1) is 0 Å². The van der Waals surface area contributed by atoms with Crippen LogP contribution in [0.25, 0.3) is 10.9 Å². The maximum Gasteiger partial charge on any atom is 0.329 e. The van der Waals surface area contributed by atoms with Gasteiger partial charge in [-0.3, -0.25) is 28.5 Å². The van der Waals surface area contributed by atoms with Crippen molar-refractivity contribution in [2.24, 2.45) is 7.05 Å². The van der Waals surface area contributed by atoms with E-state index in [0.717, 1.165) is 16.3 Å². The molecule has 0 aliphatic heterocycles. The first-order valence-corrected chi connectivity index (χ1v) is 9.47. The highest BCUT2D eigenvalue weighted by atomic mass is 32.2. The van der Waals surface area contributed by atoms with Gasteiger partial charge in [-0.2, -0.15) is 0 Å². The highest BCUT2D eigenvalue weighted by molar-refractivity contribution is 7.99. The molecular formula is C18H19N5O4S. The van der Waals surface area contributed by atoms with Crippen LogP contribution in [0.5, 0.6) is 0 Å². The van der Waals surface area contributed by atoms with Crippen LogP contribution < -0.4 is 22.5 Å². The van der Waals surface area contributed by atoms with Gasteiger partial charge in [-0.25, -0.2) is 9.78 Å². The van der Waals surface area contributed by atoms with E-state index >= 15 is 0 Å². The van der Waals surface area contributed by atoms with E-state index in [2.05, 4.69) is 9.97 Å². The number of rotatable bonds is 5. The molecule has 1 aromatic carbocycles. The first-order valence-electron chi connectivity index (χ1n) is 8.48. The lowest BCUT2D eigenvalue weighted by Gasteiger charge is -2.16. The largest absolute Gasteiger partial charge is 0.384 e. The van der Waals surface area contributed by atoms with Crippen LogP contribution >= 0.6 is 11.8 Å². The maximum atomic E-state index is 12.8. The Kier molecular flexibility index (Phi) is 5.23.